The molecular weight excluding hydrogens is 162 g/mol. The van der Waals surface area contributed by atoms with Gasteiger partial charge in [0.05, 0.1) is 0 Å². The summed E-state index contributed by atoms with van der Waals surface area (Å²) in [7, 11) is 0. The van der Waals surface area contributed by atoms with Crippen molar-refractivity contribution in [1.82, 2.24) is 10.3 Å². The Bertz CT molecular complexity index is 265. The molecule has 0 bridgehead atoms. The molecule has 0 aliphatic carbocycles. The van der Waals surface area contributed by atoms with E-state index in [0.29, 0.717) is 6.54 Å². The highest BCUT2D eigenvalue weighted by Crippen LogP contribution is 2.28. The lowest BCUT2D eigenvalue weighted by Gasteiger charge is -2.26. The van der Waals surface area contributed by atoms with E-state index in [1.807, 2.05) is 12.4 Å². The zero-order valence-electron chi connectivity index (χ0n) is 7.66. The Morgan fingerprint density at radius 2 is 2.23 bits per heavy atom. The predicted octanol–water partition coefficient (Wildman–Crippen LogP) is 0.271. The molecule has 2 rings (SSSR count). The van der Waals surface area contributed by atoms with Gasteiger partial charge in [0.25, 0.3) is 0 Å². The maximum atomic E-state index is 5.84. The first kappa shape index (κ1) is 8.66. The third-order valence-corrected chi connectivity index (χ3v) is 2.93. The molecule has 0 amide bonds. The van der Waals surface area contributed by atoms with Gasteiger partial charge in [0, 0.05) is 30.9 Å². The Balaban J connectivity index is 2.31. The summed E-state index contributed by atoms with van der Waals surface area (Å²) in [5.41, 5.74) is 7.31. The van der Waals surface area contributed by atoms with Gasteiger partial charge in [0.2, 0.25) is 0 Å². The second-order valence-corrected chi connectivity index (χ2v) is 3.65. The van der Waals surface area contributed by atoms with Gasteiger partial charge in [-0.3, -0.25) is 4.98 Å². The number of nitrogens with two attached hydrogens (primary N) is 1. The normalized spacial score (nSPS) is 27.8. The minimum Gasteiger partial charge on any atom is -0.330 e. The van der Waals surface area contributed by atoms with Crippen LogP contribution in [-0.2, 0) is 5.41 Å². The number of aromatic nitrogens is 1. The highest BCUT2D eigenvalue weighted by Gasteiger charge is 2.33. The van der Waals surface area contributed by atoms with Crippen molar-refractivity contribution in [2.24, 2.45) is 5.73 Å². The van der Waals surface area contributed by atoms with Gasteiger partial charge < -0.3 is 11.1 Å². The van der Waals surface area contributed by atoms with E-state index >= 15 is 0 Å². The lowest BCUT2D eigenvalue weighted by atomic mass is 9.80. The van der Waals surface area contributed by atoms with Crippen LogP contribution in [-0.4, -0.2) is 24.6 Å². The van der Waals surface area contributed by atoms with Crippen LogP contribution >= 0.6 is 0 Å². The molecule has 0 spiro atoms. The molecule has 13 heavy (non-hydrogen) atoms. The van der Waals surface area contributed by atoms with Gasteiger partial charge >= 0.3 is 0 Å². The Hall–Kier alpha value is -0.930. The quantitative estimate of drug-likeness (QED) is 0.682. The lowest BCUT2D eigenvalue weighted by molar-refractivity contribution is 0.483. The van der Waals surface area contributed by atoms with Crippen LogP contribution in [0.2, 0.25) is 0 Å². The van der Waals surface area contributed by atoms with Crippen LogP contribution in [0.5, 0.6) is 0 Å². The summed E-state index contributed by atoms with van der Waals surface area (Å²) in [6.45, 7) is 2.77. The van der Waals surface area contributed by atoms with Gasteiger partial charge in [0.15, 0.2) is 0 Å². The molecule has 70 valence electrons. The van der Waals surface area contributed by atoms with E-state index in [1.165, 1.54) is 5.56 Å². The van der Waals surface area contributed by atoms with Crippen molar-refractivity contribution in [1.29, 1.82) is 0 Å². The van der Waals surface area contributed by atoms with Crippen molar-refractivity contribution in [3.05, 3.63) is 30.1 Å². The fourth-order valence-electron chi connectivity index (χ4n) is 1.99. The van der Waals surface area contributed by atoms with Gasteiger partial charge in [0.1, 0.15) is 0 Å². The number of hydrogen-bond acceptors (Lipinski definition) is 3. The Kier molecular flexibility index (Phi) is 2.29. The predicted molar refractivity (Wildman–Crippen MR) is 52.5 cm³/mol. The fraction of sp³-hybridized carbons (Fsp3) is 0.500. The summed E-state index contributed by atoms with van der Waals surface area (Å²) in [5.74, 6) is 0. The van der Waals surface area contributed by atoms with Gasteiger partial charge in [-0.2, -0.15) is 0 Å². The average Bonchev–Trinajstić information content (AvgIpc) is 2.69. The molecule has 1 unspecified atom stereocenters. The van der Waals surface area contributed by atoms with Crippen LogP contribution in [0.3, 0.4) is 0 Å². The van der Waals surface area contributed by atoms with Crippen LogP contribution in [0, 0.1) is 0 Å². The number of rotatable bonds is 2. The summed E-state index contributed by atoms with van der Waals surface area (Å²) in [5, 5.41) is 3.36. The third-order valence-electron chi connectivity index (χ3n) is 2.93. The number of pyridine rings is 1. The fourth-order valence-corrected chi connectivity index (χ4v) is 1.99. The SMILES string of the molecule is NCC1(c2ccncc2)CCNC1. The van der Waals surface area contributed by atoms with Crippen LogP contribution in [0.1, 0.15) is 12.0 Å². The monoisotopic (exact) mass is 177 g/mol. The third kappa shape index (κ3) is 1.45. The number of hydrogen-bond donors (Lipinski definition) is 2. The smallest absolute Gasteiger partial charge is 0.0270 e. The molecule has 1 saturated heterocycles. The first-order valence-electron chi connectivity index (χ1n) is 4.69. The van der Waals surface area contributed by atoms with E-state index < -0.39 is 0 Å². The number of nitrogens with one attached hydrogen (secondary N) is 1. The summed E-state index contributed by atoms with van der Waals surface area (Å²) < 4.78 is 0. The molecular formula is C10H15N3. The first-order valence-corrected chi connectivity index (χ1v) is 4.69. The van der Waals surface area contributed by atoms with Gasteiger partial charge in [-0.05, 0) is 30.7 Å². The average molecular weight is 177 g/mol. The van der Waals surface area contributed by atoms with Crippen molar-refractivity contribution < 1.29 is 0 Å². The zero-order chi connectivity index (χ0) is 9.15. The van der Waals surface area contributed by atoms with E-state index in [1.54, 1.807) is 0 Å². The molecule has 1 atom stereocenters. The standard InChI is InChI=1S/C10H15N3/c11-7-10(3-6-13-8-10)9-1-4-12-5-2-9/h1-2,4-5,13H,3,6-8,11H2. The zero-order valence-corrected chi connectivity index (χ0v) is 7.66. The van der Waals surface area contributed by atoms with Crippen LogP contribution in [0.15, 0.2) is 24.5 Å². The second-order valence-electron chi connectivity index (χ2n) is 3.65. The van der Waals surface area contributed by atoms with E-state index in [9.17, 15) is 0 Å². The Morgan fingerprint density at radius 1 is 1.46 bits per heavy atom. The Morgan fingerprint density at radius 3 is 2.77 bits per heavy atom. The lowest BCUT2D eigenvalue weighted by Crippen LogP contribution is -2.37. The number of nitrogens with zero attached hydrogens (tertiary/aromatic N) is 1. The second kappa shape index (κ2) is 3.44. The topological polar surface area (TPSA) is 50.9 Å². The molecule has 0 saturated carbocycles. The van der Waals surface area contributed by atoms with E-state index in [4.69, 9.17) is 5.73 Å². The maximum absolute atomic E-state index is 5.84. The van der Waals surface area contributed by atoms with Crippen LogP contribution in [0.25, 0.3) is 0 Å². The highest BCUT2D eigenvalue weighted by molar-refractivity contribution is 5.25. The van der Waals surface area contributed by atoms with E-state index in [0.717, 1.165) is 19.5 Å². The van der Waals surface area contributed by atoms with Crippen LogP contribution in [0.4, 0.5) is 0 Å². The summed E-state index contributed by atoms with van der Waals surface area (Å²) in [6.07, 6.45) is 4.81. The minimum atomic E-state index is 0.156. The van der Waals surface area contributed by atoms with Crippen molar-refractivity contribution >= 4 is 0 Å². The summed E-state index contributed by atoms with van der Waals surface area (Å²) in [6, 6.07) is 4.14. The molecule has 0 radical (unpaired) electrons. The molecule has 1 aliphatic heterocycles. The van der Waals surface area contributed by atoms with Crippen molar-refractivity contribution in [3.8, 4) is 0 Å². The molecule has 1 fully saturated rings. The largest absolute Gasteiger partial charge is 0.330 e. The minimum absolute atomic E-state index is 0.156. The van der Waals surface area contributed by atoms with Crippen molar-refractivity contribution in [2.75, 3.05) is 19.6 Å². The van der Waals surface area contributed by atoms with E-state index in [-0.39, 0.29) is 5.41 Å². The molecule has 2 heterocycles. The summed E-state index contributed by atoms with van der Waals surface area (Å²) >= 11 is 0. The summed E-state index contributed by atoms with van der Waals surface area (Å²) in [4.78, 5) is 4.02. The first-order chi connectivity index (χ1) is 6.37. The van der Waals surface area contributed by atoms with Gasteiger partial charge in [-0.25, -0.2) is 0 Å². The highest BCUT2D eigenvalue weighted by atomic mass is 14.9. The Labute approximate surface area is 78.4 Å². The van der Waals surface area contributed by atoms with Gasteiger partial charge in [-0.1, -0.05) is 0 Å². The molecule has 1 aromatic heterocycles. The van der Waals surface area contributed by atoms with Crippen molar-refractivity contribution in [3.63, 3.8) is 0 Å². The van der Waals surface area contributed by atoms with Crippen molar-refractivity contribution in [2.45, 2.75) is 11.8 Å². The van der Waals surface area contributed by atoms with E-state index in [2.05, 4.69) is 22.4 Å². The molecule has 3 N–H and O–H groups in total. The molecule has 3 nitrogen and oxygen atoms in total. The molecule has 0 aromatic carbocycles. The molecule has 1 aliphatic rings. The van der Waals surface area contributed by atoms with Gasteiger partial charge in [-0.15, -0.1) is 0 Å². The molecule has 3 heteroatoms. The maximum Gasteiger partial charge on any atom is 0.0270 e. The van der Waals surface area contributed by atoms with Crippen LogP contribution < -0.4 is 11.1 Å². The molecule has 1 aromatic rings.